The molecule has 8 heteroatoms. The first kappa shape index (κ1) is 19.8. The zero-order valence-corrected chi connectivity index (χ0v) is 16.3. The number of likely N-dealkylation sites (tertiary alicyclic amines) is 1. The molecule has 3 aromatic rings. The Balaban J connectivity index is 1.36. The van der Waals surface area contributed by atoms with Crippen molar-refractivity contribution >= 4 is 11.8 Å². The first-order valence-corrected chi connectivity index (χ1v) is 9.88. The molecule has 1 atom stereocenters. The van der Waals surface area contributed by atoms with Crippen LogP contribution in [0.1, 0.15) is 28.9 Å². The van der Waals surface area contributed by atoms with Crippen molar-refractivity contribution in [3.63, 3.8) is 0 Å². The van der Waals surface area contributed by atoms with Crippen LogP contribution in [-0.2, 0) is 11.3 Å². The molecule has 2 aromatic heterocycles. The number of aromatic nitrogens is 3. The third kappa shape index (κ3) is 4.53. The van der Waals surface area contributed by atoms with E-state index in [0.717, 1.165) is 18.4 Å². The summed E-state index contributed by atoms with van der Waals surface area (Å²) in [5.41, 5.74) is 2.49. The minimum Gasteiger partial charge on any atom is -0.352 e. The molecule has 0 aliphatic carbocycles. The van der Waals surface area contributed by atoms with Crippen molar-refractivity contribution < 1.29 is 14.0 Å². The average Bonchev–Trinajstić information content (AvgIpc) is 3.29. The smallest absolute Gasteiger partial charge is 0.271 e. The number of hydrogen-bond donors (Lipinski definition) is 2. The van der Waals surface area contributed by atoms with Crippen molar-refractivity contribution in [2.75, 3.05) is 13.1 Å². The highest BCUT2D eigenvalue weighted by Gasteiger charge is 2.29. The molecule has 1 aliphatic heterocycles. The number of carbonyl (C=O) groups is 2. The predicted octanol–water partition coefficient (Wildman–Crippen LogP) is 2.78. The van der Waals surface area contributed by atoms with Crippen LogP contribution in [-0.4, -0.2) is 45.0 Å². The normalized spacial score (nSPS) is 16.3. The van der Waals surface area contributed by atoms with Crippen LogP contribution in [0, 0.1) is 11.7 Å². The maximum absolute atomic E-state index is 13.0. The van der Waals surface area contributed by atoms with E-state index in [2.05, 4.69) is 20.5 Å². The van der Waals surface area contributed by atoms with Crippen molar-refractivity contribution in [1.29, 1.82) is 0 Å². The quantitative estimate of drug-likeness (QED) is 0.680. The number of H-pyrrole nitrogens is 1. The summed E-state index contributed by atoms with van der Waals surface area (Å²) >= 11 is 0. The minimum absolute atomic E-state index is 0.101. The number of amides is 2. The summed E-state index contributed by atoms with van der Waals surface area (Å²) < 4.78 is 13.0. The van der Waals surface area contributed by atoms with Crippen molar-refractivity contribution in [3.05, 3.63) is 71.8 Å². The van der Waals surface area contributed by atoms with Gasteiger partial charge < -0.3 is 10.2 Å². The van der Waals surface area contributed by atoms with E-state index in [4.69, 9.17) is 0 Å². The maximum Gasteiger partial charge on any atom is 0.271 e. The lowest BCUT2D eigenvalue weighted by Gasteiger charge is -2.31. The molecule has 0 bridgehead atoms. The van der Waals surface area contributed by atoms with Crippen molar-refractivity contribution in [1.82, 2.24) is 25.4 Å². The molecule has 1 saturated heterocycles. The highest BCUT2D eigenvalue weighted by molar-refractivity contribution is 5.93. The van der Waals surface area contributed by atoms with Crippen LogP contribution in [0.25, 0.3) is 11.4 Å². The number of benzene rings is 1. The monoisotopic (exact) mass is 407 g/mol. The Morgan fingerprint density at radius 3 is 2.77 bits per heavy atom. The fourth-order valence-corrected chi connectivity index (χ4v) is 3.56. The molecular formula is C22H22FN5O2. The van der Waals surface area contributed by atoms with E-state index in [1.165, 1.54) is 12.1 Å². The first-order chi connectivity index (χ1) is 14.6. The maximum atomic E-state index is 13.0. The zero-order chi connectivity index (χ0) is 20.9. The van der Waals surface area contributed by atoms with Crippen molar-refractivity contribution in [3.8, 4) is 11.4 Å². The molecule has 2 N–H and O–H groups in total. The van der Waals surface area contributed by atoms with E-state index in [-0.39, 0.29) is 23.5 Å². The summed E-state index contributed by atoms with van der Waals surface area (Å²) in [6, 6.07) is 13.2. The van der Waals surface area contributed by atoms with Gasteiger partial charge in [0.05, 0.1) is 11.6 Å². The molecule has 3 heterocycles. The second-order valence-electron chi connectivity index (χ2n) is 7.32. The van der Waals surface area contributed by atoms with Gasteiger partial charge in [-0.25, -0.2) is 4.39 Å². The molecule has 0 saturated carbocycles. The molecular weight excluding hydrogens is 385 g/mol. The molecule has 0 spiro atoms. The minimum atomic E-state index is -0.309. The van der Waals surface area contributed by atoms with Crippen LogP contribution >= 0.6 is 0 Å². The van der Waals surface area contributed by atoms with Gasteiger partial charge in [-0.15, -0.1) is 0 Å². The molecule has 4 rings (SSSR count). The Bertz CT molecular complexity index is 1020. The Labute approximate surface area is 173 Å². The van der Waals surface area contributed by atoms with Crippen LogP contribution in [0.15, 0.2) is 54.7 Å². The lowest BCUT2D eigenvalue weighted by molar-refractivity contribution is -0.126. The van der Waals surface area contributed by atoms with Crippen LogP contribution in [0.4, 0.5) is 4.39 Å². The van der Waals surface area contributed by atoms with Gasteiger partial charge in [0.25, 0.3) is 5.91 Å². The Morgan fingerprint density at radius 2 is 2.00 bits per heavy atom. The lowest BCUT2D eigenvalue weighted by atomic mass is 9.96. The van der Waals surface area contributed by atoms with Gasteiger partial charge in [-0.2, -0.15) is 5.10 Å². The summed E-state index contributed by atoms with van der Waals surface area (Å²) in [6.07, 6.45) is 3.15. The van der Waals surface area contributed by atoms with E-state index >= 15 is 0 Å². The number of piperidine rings is 1. The number of halogens is 1. The molecule has 30 heavy (non-hydrogen) atoms. The molecule has 1 aromatic carbocycles. The van der Waals surface area contributed by atoms with Gasteiger partial charge in [-0.1, -0.05) is 18.2 Å². The Hall–Kier alpha value is -3.55. The molecule has 154 valence electrons. The van der Waals surface area contributed by atoms with Gasteiger partial charge in [0, 0.05) is 25.8 Å². The molecule has 7 nitrogen and oxygen atoms in total. The summed E-state index contributed by atoms with van der Waals surface area (Å²) in [5, 5.41) is 9.85. The fraction of sp³-hybridized carbons (Fsp3) is 0.273. The van der Waals surface area contributed by atoms with E-state index in [1.807, 2.05) is 18.2 Å². The third-order valence-electron chi connectivity index (χ3n) is 5.19. The second-order valence-corrected chi connectivity index (χ2v) is 7.32. The van der Waals surface area contributed by atoms with Crippen LogP contribution in [0.3, 0.4) is 0 Å². The van der Waals surface area contributed by atoms with E-state index in [0.29, 0.717) is 36.7 Å². The number of nitrogens with one attached hydrogen (secondary N) is 2. The lowest BCUT2D eigenvalue weighted by Crippen LogP contribution is -2.45. The van der Waals surface area contributed by atoms with Crippen LogP contribution in [0.2, 0.25) is 0 Å². The van der Waals surface area contributed by atoms with Gasteiger partial charge in [0.15, 0.2) is 0 Å². The van der Waals surface area contributed by atoms with E-state index in [1.54, 1.807) is 29.3 Å². The summed E-state index contributed by atoms with van der Waals surface area (Å²) in [7, 11) is 0. The van der Waals surface area contributed by atoms with Gasteiger partial charge in [0.2, 0.25) is 5.91 Å². The predicted molar refractivity (Wildman–Crippen MR) is 109 cm³/mol. The zero-order valence-electron chi connectivity index (χ0n) is 16.3. The summed E-state index contributed by atoms with van der Waals surface area (Å²) in [6.45, 7) is 1.28. The second kappa shape index (κ2) is 8.86. The van der Waals surface area contributed by atoms with Gasteiger partial charge in [-0.3, -0.25) is 19.7 Å². The summed E-state index contributed by atoms with van der Waals surface area (Å²) in [5.74, 6) is -0.867. The molecule has 1 aliphatic rings. The molecule has 2 amide bonds. The Kier molecular flexibility index (Phi) is 5.83. The summed E-state index contributed by atoms with van der Waals surface area (Å²) in [4.78, 5) is 31.4. The number of hydrogen-bond acceptors (Lipinski definition) is 4. The van der Waals surface area contributed by atoms with Gasteiger partial charge in [0.1, 0.15) is 17.2 Å². The number of nitrogens with zero attached hydrogens (tertiary/aromatic N) is 3. The average molecular weight is 407 g/mol. The third-order valence-corrected chi connectivity index (χ3v) is 5.19. The molecule has 0 radical (unpaired) electrons. The van der Waals surface area contributed by atoms with Crippen molar-refractivity contribution in [2.45, 2.75) is 19.4 Å². The molecule has 1 fully saturated rings. The van der Waals surface area contributed by atoms with E-state index in [9.17, 15) is 14.0 Å². The highest BCUT2D eigenvalue weighted by Crippen LogP contribution is 2.20. The van der Waals surface area contributed by atoms with E-state index < -0.39 is 0 Å². The Morgan fingerprint density at radius 1 is 1.17 bits per heavy atom. The SMILES string of the molecule is O=C(NCc1ccc(F)cc1)[C@H]1CCCN(C(=O)c2cc(-c3ccccn3)n[nH]2)C1. The van der Waals surface area contributed by atoms with Gasteiger partial charge >= 0.3 is 0 Å². The highest BCUT2D eigenvalue weighted by atomic mass is 19.1. The standard InChI is InChI=1S/C22H22FN5O2/c23-17-8-6-15(7-9-17)13-25-21(29)16-4-3-11-28(14-16)22(30)20-12-19(26-27-20)18-5-1-2-10-24-18/h1-2,5-10,12,16H,3-4,11,13-14H2,(H,25,29)(H,26,27)/t16-/m0/s1. The van der Waals surface area contributed by atoms with Crippen LogP contribution < -0.4 is 5.32 Å². The number of pyridine rings is 1. The first-order valence-electron chi connectivity index (χ1n) is 9.88. The van der Waals surface area contributed by atoms with Crippen LogP contribution in [0.5, 0.6) is 0 Å². The molecule has 0 unspecified atom stereocenters. The number of rotatable bonds is 5. The number of aromatic amines is 1. The van der Waals surface area contributed by atoms with Crippen molar-refractivity contribution in [2.24, 2.45) is 5.92 Å². The largest absolute Gasteiger partial charge is 0.352 e. The number of carbonyl (C=O) groups excluding carboxylic acids is 2. The topological polar surface area (TPSA) is 91.0 Å². The fourth-order valence-electron chi connectivity index (χ4n) is 3.56. The van der Waals surface area contributed by atoms with Gasteiger partial charge in [-0.05, 0) is 48.7 Å².